The van der Waals surface area contributed by atoms with Crippen molar-refractivity contribution in [3.05, 3.63) is 48.5 Å². The summed E-state index contributed by atoms with van der Waals surface area (Å²) >= 11 is 0. The Kier molecular flexibility index (Phi) is 6.82. The largest absolute Gasteiger partial charge is 0.494 e. The Morgan fingerprint density at radius 2 is 1.23 bits per heavy atom. The molecule has 0 saturated heterocycles. The molecule has 0 saturated carbocycles. The van der Waals surface area contributed by atoms with Gasteiger partial charge in [-0.3, -0.25) is 0 Å². The van der Waals surface area contributed by atoms with Crippen LogP contribution >= 0.6 is 0 Å². The highest BCUT2D eigenvalue weighted by Crippen LogP contribution is 2.26. The van der Waals surface area contributed by atoms with Crippen LogP contribution in [0.5, 0.6) is 11.5 Å². The van der Waals surface area contributed by atoms with Crippen LogP contribution in [0.3, 0.4) is 0 Å². The predicted molar refractivity (Wildman–Crippen MR) is 90.4 cm³/mol. The Labute approximate surface area is 134 Å². The summed E-state index contributed by atoms with van der Waals surface area (Å²) in [7, 11) is 0. The van der Waals surface area contributed by atoms with Crippen LogP contribution in [0.25, 0.3) is 11.1 Å². The molecular weight excluding hydrogens is 272 g/mol. The molecule has 0 heterocycles. The summed E-state index contributed by atoms with van der Waals surface area (Å²) < 4.78 is 11.5. The molecular formula is C20H24O2. The van der Waals surface area contributed by atoms with E-state index in [0.29, 0.717) is 0 Å². The van der Waals surface area contributed by atoms with Gasteiger partial charge in [0.2, 0.25) is 0 Å². The molecule has 116 valence electrons. The van der Waals surface area contributed by atoms with Crippen LogP contribution in [0.2, 0.25) is 0 Å². The topological polar surface area (TPSA) is 18.5 Å². The van der Waals surface area contributed by atoms with Gasteiger partial charge in [0.15, 0.2) is 0 Å². The Hall–Kier alpha value is -1.96. The molecule has 2 nitrogen and oxygen atoms in total. The van der Waals surface area contributed by atoms with E-state index in [2.05, 4.69) is 26.0 Å². The standard InChI is InChI=1S/C20H24O2/c1-3-5-13-21-19-11-7-9-17(15-19)18-10-8-12-20(16-18)22-14-6-4-2/h7-8,11-12,15-16H,3-6,13-14H2,1-2H3. The zero-order chi connectivity index (χ0) is 15.6. The van der Waals surface area contributed by atoms with E-state index in [1.807, 2.05) is 36.4 Å². The third-order valence-corrected chi connectivity index (χ3v) is 3.37. The minimum Gasteiger partial charge on any atom is -0.494 e. The summed E-state index contributed by atoms with van der Waals surface area (Å²) in [6, 6.07) is 18.2. The van der Waals surface area contributed by atoms with E-state index in [1.165, 1.54) is 0 Å². The van der Waals surface area contributed by atoms with E-state index < -0.39 is 0 Å². The quantitative estimate of drug-likeness (QED) is 0.584. The average Bonchev–Trinajstić information content (AvgIpc) is 2.56. The minimum absolute atomic E-state index is 0.754. The van der Waals surface area contributed by atoms with Gasteiger partial charge in [0.05, 0.1) is 13.2 Å². The summed E-state index contributed by atoms with van der Waals surface area (Å²) in [5, 5.41) is 0. The second-order valence-electron chi connectivity index (χ2n) is 5.28. The van der Waals surface area contributed by atoms with Crippen molar-refractivity contribution in [3.8, 4) is 22.6 Å². The maximum atomic E-state index is 5.75. The molecule has 2 heteroatoms. The van der Waals surface area contributed by atoms with E-state index in [1.54, 1.807) is 0 Å². The Morgan fingerprint density at radius 3 is 1.64 bits per heavy atom. The number of rotatable bonds is 9. The van der Waals surface area contributed by atoms with Crippen molar-refractivity contribution in [2.45, 2.75) is 39.5 Å². The molecule has 0 unspecified atom stereocenters. The molecule has 2 radical (unpaired) electrons. The van der Waals surface area contributed by atoms with Crippen molar-refractivity contribution < 1.29 is 9.47 Å². The van der Waals surface area contributed by atoms with E-state index in [4.69, 9.17) is 9.47 Å². The maximum Gasteiger partial charge on any atom is 0.119 e. The van der Waals surface area contributed by atoms with Crippen LogP contribution in [0.1, 0.15) is 39.5 Å². The van der Waals surface area contributed by atoms with E-state index in [-0.39, 0.29) is 0 Å². The molecule has 0 aliphatic heterocycles. The van der Waals surface area contributed by atoms with Crippen molar-refractivity contribution in [1.29, 1.82) is 0 Å². The summed E-state index contributed by atoms with van der Waals surface area (Å²) in [5.74, 6) is 1.76. The molecule has 0 bridgehead atoms. The van der Waals surface area contributed by atoms with Crippen molar-refractivity contribution in [1.82, 2.24) is 0 Å². The number of hydrogen-bond acceptors (Lipinski definition) is 2. The highest BCUT2D eigenvalue weighted by molar-refractivity contribution is 5.65. The van der Waals surface area contributed by atoms with Gasteiger partial charge in [0.1, 0.15) is 11.5 Å². The molecule has 0 spiro atoms. The van der Waals surface area contributed by atoms with Gasteiger partial charge in [-0.25, -0.2) is 0 Å². The summed E-state index contributed by atoms with van der Waals surface area (Å²) in [4.78, 5) is 0. The number of ether oxygens (including phenoxy) is 2. The van der Waals surface area contributed by atoms with Gasteiger partial charge < -0.3 is 9.47 Å². The first-order valence-corrected chi connectivity index (χ1v) is 8.13. The first-order chi connectivity index (χ1) is 10.8. The van der Waals surface area contributed by atoms with Crippen molar-refractivity contribution >= 4 is 0 Å². The van der Waals surface area contributed by atoms with Crippen LogP contribution in [0.4, 0.5) is 0 Å². The van der Waals surface area contributed by atoms with E-state index in [9.17, 15) is 0 Å². The molecule has 2 aromatic rings. The number of unbranched alkanes of at least 4 members (excludes halogenated alkanes) is 2. The predicted octanol–water partition coefficient (Wildman–Crippen LogP) is 5.31. The Bertz CT molecular complexity index is 512. The monoisotopic (exact) mass is 296 g/mol. The molecule has 2 aromatic carbocycles. The zero-order valence-corrected chi connectivity index (χ0v) is 13.5. The second-order valence-corrected chi connectivity index (χ2v) is 5.28. The highest BCUT2D eigenvalue weighted by Gasteiger charge is 2.03. The first kappa shape index (κ1) is 16.4. The molecule has 0 aliphatic carbocycles. The highest BCUT2D eigenvalue weighted by atomic mass is 16.5. The molecule has 0 N–H and O–H groups in total. The van der Waals surface area contributed by atoms with Crippen molar-refractivity contribution in [3.63, 3.8) is 0 Å². The summed E-state index contributed by atoms with van der Waals surface area (Å²) in [5.41, 5.74) is 1.96. The molecule has 22 heavy (non-hydrogen) atoms. The molecule has 0 amide bonds. The van der Waals surface area contributed by atoms with Crippen LogP contribution in [0, 0.1) is 12.1 Å². The van der Waals surface area contributed by atoms with Crippen LogP contribution < -0.4 is 9.47 Å². The molecule has 0 atom stereocenters. The second kappa shape index (κ2) is 9.14. The molecule has 2 rings (SSSR count). The third kappa shape index (κ3) is 5.10. The number of benzene rings is 2. The normalized spacial score (nSPS) is 10.5. The van der Waals surface area contributed by atoms with Crippen molar-refractivity contribution in [2.24, 2.45) is 0 Å². The number of hydrogen-bond donors (Lipinski definition) is 0. The SMILES string of the molecule is CCCCOc1cc[c]c(-c2[c]ccc(OCCCC)c2)c1. The molecule has 0 aromatic heterocycles. The van der Waals surface area contributed by atoms with Gasteiger partial charge >= 0.3 is 0 Å². The van der Waals surface area contributed by atoms with Crippen molar-refractivity contribution in [2.75, 3.05) is 13.2 Å². The van der Waals surface area contributed by atoms with Crippen LogP contribution in [0.15, 0.2) is 36.4 Å². The fourth-order valence-electron chi connectivity index (χ4n) is 2.05. The minimum atomic E-state index is 0.754. The van der Waals surface area contributed by atoms with Gasteiger partial charge in [-0.05, 0) is 60.4 Å². The lowest BCUT2D eigenvalue weighted by atomic mass is 10.1. The zero-order valence-electron chi connectivity index (χ0n) is 13.5. The third-order valence-electron chi connectivity index (χ3n) is 3.37. The van der Waals surface area contributed by atoms with Gasteiger partial charge in [-0.15, -0.1) is 0 Å². The Morgan fingerprint density at radius 1 is 0.773 bits per heavy atom. The van der Waals surface area contributed by atoms with Gasteiger partial charge in [-0.2, -0.15) is 0 Å². The van der Waals surface area contributed by atoms with Crippen LogP contribution in [-0.2, 0) is 0 Å². The Balaban J connectivity index is 2.07. The smallest absolute Gasteiger partial charge is 0.119 e. The summed E-state index contributed by atoms with van der Waals surface area (Å²) in [6.07, 6.45) is 4.41. The van der Waals surface area contributed by atoms with Gasteiger partial charge in [-0.1, -0.05) is 38.8 Å². The first-order valence-electron chi connectivity index (χ1n) is 8.13. The summed E-state index contributed by atoms with van der Waals surface area (Å²) in [6.45, 7) is 5.83. The maximum absolute atomic E-state index is 5.75. The lowest BCUT2D eigenvalue weighted by molar-refractivity contribution is 0.309. The van der Waals surface area contributed by atoms with E-state index in [0.717, 1.165) is 61.5 Å². The van der Waals surface area contributed by atoms with Gasteiger partial charge in [0, 0.05) is 0 Å². The lowest BCUT2D eigenvalue weighted by Gasteiger charge is -2.09. The lowest BCUT2D eigenvalue weighted by Crippen LogP contribution is -1.97. The average molecular weight is 296 g/mol. The van der Waals surface area contributed by atoms with Gasteiger partial charge in [0.25, 0.3) is 0 Å². The van der Waals surface area contributed by atoms with E-state index >= 15 is 0 Å². The van der Waals surface area contributed by atoms with Crippen LogP contribution in [-0.4, -0.2) is 13.2 Å². The fraction of sp³-hybridized carbons (Fsp3) is 0.400. The molecule has 0 fully saturated rings. The molecule has 0 aliphatic rings. The fourth-order valence-corrected chi connectivity index (χ4v) is 2.05.